The number of amides is 1. The highest BCUT2D eigenvalue weighted by molar-refractivity contribution is 7.89. The molecule has 0 bridgehead atoms. The van der Waals surface area contributed by atoms with Gasteiger partial charge in [-0.25, -0.2) is 13.1 Å². The van der Waals surface area contributed by atoms with E-state index in [4.69, 9.17) is 0 Å². The molecule has 1 fully saturated rings. The molecule has 28 heavy (non-hydrogen) atoms. The number of para-hydroxylation sites is 2. The van der Waals surface area contributed by atoms with Crippen LogP contribution in [0.3, 0.4) is 0 Å². The van der Waals surface area contributed by atoms with Gasteiger partial charge in [0.15, 0.2) is 0 Å². The Bertz CT molecular complexity index is 951. The second-order valence-corrected chi connectivity index (χ2v) is 8.91. The van der Waals surface area contributed by atoms with Crippen molar-refractivity contribution in [1.29, 1.82) is 0 Å². The van der Waals surface area contributed by atoms with Crippen LogP contribution >= 0.6 is 0 Å². The first-order valence-electron chi connectivity index (χ1n) is 9.57. The molecule has 0 atom stereocenters. The Morgan fingerprint density at radius 1 is 1.07 bits per heavy atom. The molecule has 1 saturated heterocycles. The zero-order valence-corrected chi connectivity index (χ0v) is 17.2. The number of anilines is 2. The number of hydrogen-bond donors (Lipinski definition) is 2. The van der Waals surface area contributed by atoms with Crippen LogP contribution in [0.25, 0.3) is 0 Å². The highest BCUT2D eigenvalue weighted by Crippen LogP contribution is 2.28. The summed E-state index contributed by atoms with van der Waals surface area (Å²) in [6, 6.07) is 13.0. The Morgan fingerprint density at radius 2 is 1.79 bits per heavy atom. The van der Waals surface area contributed by atoms with Gasteiger partial charge >= 0.3 is 0 Å². The van der Waals surface area contributed by atoms with E-state index in [0.29, 0.717) is 5.56 Å². The molecule has 0 aliphatic carbocycles. The molecule has 0 unspecified atom stereocenters. The lowest BCUT2D eigenvalue weighted by Crippen LogP contribution is -2.28. The van der Waals surface area contributed by atoms with Gasteiger partial charge in [-0.3, -0.25) is 4.79 Å². The second-order valence-electron chi connectivity index (χ2n) is 7.18. The number of sulfonamides is 1. The summed E-state index contributed by atoms with van der Waals surface area (Å²) in [5.74, 6) is -0.213. The molecule has 3 rings (SSSR count). The molecule has 2 N–H and O–H groups in total. The van der Waals surface area contributed by atoms with Gasteiger partial charge in [0.05, 0.1) is 16.3 Å². The molecule has 0 spiro atoms. The van der Waals surface area contributed by atoms with Crippen molar-refractivity contribution in [1.82, 2.24) is 4.72 Å². The number of nitrogens with zero attached hydrogens (tertiary/aromatic N) is 1. The van der Waals surface area contributed by atoms with E-state index in [1.165, 1.54) is 0 Å². The van der Waals surface area contributed by atoms with Gasteiger partial charge in [0.25, 0.3) is 0 Å². The fourth-order valence-electron chi connectivity index (χ4n) is 3.40. The Morgan fingerprint density at radius 3 is 2.54 bits per heavy atom. The number of carbonyl (C=O) groups is 1. The van der Waals surface area contributed by atoms with Crippen LogP contribution < -0.4 is 14.9 Å². The summed E-state index contributed by atoms with van der Waals surface area (Å²) in [7, 11) is -3.64. The molecule has 0 radical (unpaired) electrons. The number of carbonyl (C=O) groups excluding carboxylic acids is 1. The normalized spacial score (nSPS) is 14.3. The average Bonchev–Trinajstić information content (AvgIpc) is 3.18. The first kappa shape index (κ1) is 20.4. The van der Waals surface area contributed by atoms with E-state index in [1.807, 2.05) is 37.3 Å². The molecular weight excluding hydrogens is 374 g/mol. The smallest absolute Gasteiger partial charge is 0.240 e. The molecule has 1 aliphatic heterocycles. The maximum absolute atomic E-state index is 12.5. The summed E-state index contributed by atoms with van der Waals surface area (Å²) >= 11 is 0. The monoisotopic (exact) mass is 401 g/mol. The lowest BCUT2D eigenvalue weighted by molar-refractivity contribution is -0.116. The van der Waals surface area contributed by atoms with Crippen LogP contribution in [-0.4, -0.2) is 34.0 Å². The predicted molar refractivity (Wildman–Crippen MR) is 112 cm³/mol. The Labute approximate surface area is 167 Å². The molecule has 1 heterocycles. The zero-order valence-electron chi connectivity index (χ0n) is 16.4. The third-order valence-electron chi connectivity index (χ3n) is 4.90. The maximum atomic E-state index is 12.5. The first-order valence-corrected chi connectivity index (χ1v) is 11.1. The summed E-state index contributed by atoms with van der Waals surface area (Å²) in [6.45, 7) is 5.64. The summed E-state index contributed by atoms with van der Waals surface area (Å²) in [5, 5.41) is 2.92. The minimum atomic E-state index is -3.64. The highest BCUT2D eigenvalue weighted by atomic mass is 32.2. The highest BCUT2D eigenvalue weighted by Gasteiger charge is 2.18. The largest absolute Gasteiger partial charge is 0.370 e. The van der Waals surface area contributed by atoms with E-state index < -0.39 is 10.0 Å². The molecule has 7 heteroatoms. The van der Waals surface area contributed by atoms with E-state index in [-0.39, 0.29) is 23.8 Å². The lowest BCUT2D eigenvalue weighted by Gasteiger charge is -2.21. The van der Waals surface area contributed by atoms with Gasteiger partial charge in [0.2, 0.25) is 15.9 Å². The lowest BCUT2D eigenvalue weighted by atomic mass is 10.2. The number of benzene rings is 2. The van der Waals surface area contributed by atoms with E-state index in [0.717, 1.165) is 42.9 Å². The van der Waals surface area contributed by atoms with Gasteiger partial charge in [-0.05, 0) is 56.0 Å². The summed E-state index contributed by atoms with van der Waals surface area (Å²) < 4.78 is 27.6. The van der Waals surface area contributed by atoms with Gasteiger partial charge in [0, 0.05) is 26.1 Å². The van der Waals surface area contributed by atoms with Crippen LogP contribution in [0, 0.1) is 13.8 Å². The van der Waals surface area contributed by atoms with Crippen molar-refractivity contribution in [2.45, 2.75) is 38.0 Å². The predicted octanol–water partition coefficient (Wildman–Crippen LogP) is 3.21. The van der Waals surface area contributed by atoms with Crippen molar-refractivity contribution >= 4 is 27.3 Å². The Balaban J connectivity index is 1.59. The SMILES string of the molecule is Cc1ccc(C)c(S(=O)(=O)NCCC(=O)Nc2ccccc2N2CCCC2)c1. The van der Waals surface area contributed by atoms with Gasteiger partial charge in [-0.2, -0.15) is 0 Å². The number of aryl methyl sites for hydroxylation is 2. The molecular formula is C21H27N3O3S. The molecule has 6 nitrogen and oxygen atoms in total. The van der Waals surface area contributed by atoms with Gasteiger partial charge in [-0.15, -0.1) is 0 Å². The third kappa shape index (κ3) is 4.91. The van der Waals surface area contributed by atoms with Crippen molar-refractivity contribution in [2.75, 3.05) is 29.9 Å². The standard InChI is InChI=1S/C21H27N3O3S/c1-16-9-10-17(2)20(15-16)28(26,27)22-12-11-21(25)23-18-7-3-4-8-19(18)24-13-5-6-14-24/h3-4,7-10,15,22H,5-6,11-14H2,1-2H3,(H,23,25). The number of hydrogen-bond acceptors (Lipinski definition) is 4. The molecule has 2 aromatic rings. The summed E-state index contributed by atoms with van der Waals surface area (Å²) in [6.07, 6.45) is 2.38. The van der Waals surface area contributed by atoms with E-state index in [9.17, 15) is 13.2 Å². The van der Waals surface area contributed by atoms with E-state index in [2.05, 4.69) is 14.9 Å². The van der Waals surface area contributed by atoms with Gasteiger partial charge in [0.1, 0.15) is 0 Å². The van der Waals surface area contributed by atoms with E-state index in [1.54, 1.807) is 19.1 Å². The van der Waals surface area contributed by atoms with Gasteiger partial charge in [-0.1, -0.05) is 24.3 Å². The molecule has 0 aromatic heterocycles. The third-order valence-corrected chi connectivity index (χ3v) is 6.51. The zero-order chi connectivity index (χ0) is 20.1. The fourth-order valence-corrected chi connectivity index (χ4v) is 4.76. The summed E-state index contributed by atoms with van der Waals surface area (Å²) in [4.78, 5) is 14.9. The molecule has 0 saturated carbocycles. The number of nitrogens with one attached hydrogen (secondary N) is 2. The Kier molecular flexibility index (Phi) is 6.36. The first-order chi connectivity index (χ1) is 13.4. The topological polar surface area (TPSA) is 78.5 Å². The fraction of sp³-hybridized carbons (Fsp3) is 0.381. The number of rotatable bonds is 7. The van der Waals surface area contributed by atoms with Crippen LogP contribution in [-0.2, 0) is 14.8 Å². The second kappa shape index (κ2) is 8.75. The maximum Gasteiger partial charge on any atom is 0.240 e. The van der Waals surface area contributed by atoms with Crippen molar-refractivity contribution < 1.29 is 13.2 Å². The van der Waals surface area contributed by atoms with Crippen LogP contribution in [0.2, 0.25) is 0 Å². The summed E-state index contributed by atoms with van der Waals surface area (Å²) in [5.41, 5.74) is 3.35. The minimum absolute atomic E-state index is 0.0490. The van der Waals surface area contributed by atoms with Crippen LogP contribution in [0.4, 0.5) is 11.4 Å². The Hall–Kier alpha value is -2.38. The molecule has 1 amide bonds. The van der Waals surface area contributed by atoms with Crippen LogP contribution in [0.5, 0.6) is 0 Å². The van der Waals surface area contributed by atoms with E-state index >= 15 is 0 Å². The quantitative estimate of drug-likeness (QED) is 0.747. The van der Waals surface area contributed by atoms with Crippen molar-refractivity contribution in [2.24, 2.45) is 0 Å². The minimum Gasteiger partial charge on any atom is -0.370 e. The van der Waals surface area contributed by atoms with Crippen molar-refractivity contribution in [3.63, 3.8) is 0 Å². The molecule has 150 valence electrons. The van der Waals surface area contributed by atoms with Crippen molar-refractivity contribution in [3.05, 3.63) is 53.6 Å². The van der Waals surface area contributed by atoms with Crippen molar-refractivity contribution in [3.8, 4) is 0 Å². The van der Waals surface area contributed by atoms with Gasteiger partial charge < -0.3 is 10.2 Å². The molecule has 1 aliphatic rings. The molecule has 2 aromatic carbocycles. The average molecular weight is 402 g/mol. The van der Waals surface area contributed by atoms with Crippen LogP contribution in [0.1, 0.15) is 30.4 Å². The van der Waals surface area contributed by atoms with Crippen LogP contribution in [0.15, 0.2) is 47.4 Å².